The molecule has 34 heavy (non-hydrogen) atoms. The Hall–Kier alpha value is -1.93. The summed E-state index contributed by atoms with van der Waals surface area (Å²) in [5, 5.41) is 0. The van der Waals surface area contributed by atoms with Crippen molar-refractivity contribution in [2.75, 3.05) is 16.0 Å². The molecule has 184 valence electrons. The molecule has 0 spiro atoms. The third kappa shape index (κ3) is 5.48. The maximum absolute atomic E-state index is 6.44. The molecule has 0 saturated carbocycles. The molecule has 1 saturated heterocycles. The molecule has 2 heterocycles. The fourth-order valence-corrected chi connectivity index (χ4v) is 6.86. The van der Waals surface area contributed by atoms with E-state index in [1.54, 1.807) is 0 Å². The first-order valence-corrected chi connectivity index (χ1v) is 14.9. The van der Waals surface area contributed by atoms with Gasteiger partial charge in [-0.2, -0.15) is 0 Å². The molecule has 1 aromatic heterocycles. The second-order valence-electron chi connectivity index (χ2n) is 10.1. The van der Waals surface area contributed by atoms with Crippen LogP contribution in [-0.4, -0.2) is 27.1 Å². The predicted octanol–water partition coefficient (Wildman–Crippen LogP) is 2.79. The molecule has 1 fully saturated rings. The number of hydrogen-bond acceptors (Lipinski definition) is 5. The molecule has 0 bridgehead atoms. The van der Waals surface area contributed by atoms with Crippen LogP contribution >= 0.6 is 0 Å². The zero-order valence-corrected chi connectivity index (χ0v) is 23.7. The number of allylic oxidation sites excluding steroid dienone is 4. The standard InChI is InChI=1S/C28H38IN4O/c1-17(2)23-12-11-18(3)25(13-23)34-15-24-22(7)30-27(26-19(4)9-8-10-20(26)5)31-28(24)33-14-21(6)32-29-16-33/h8-13,17,19,21,26,32H,14-16H2,1-7H3/q-1/t19?,21-,26?/m1/s1. The zero-order chi connectivity index (χ0) is 24.4. The van der Waals surface area contributed by atoms with Gasteiger partial charge in [-0.05, 0) is 0 Å². The first-order chi connectivity index (χ1) is 16.2. The molecule has 2 aliphatic rings. The summed E-state index contributed by atoms with van der Waals surface area (Å²) in [4.78, 5) is 12.8. The number of alkyl halides is 1. The first-order valence-electron chi connectivity index (χ1n) is 12.3. The minimum atomic E-state index is -0.0770. The van der Waals surface area contributed by atoms with Gasteiger partial charge in [-0.1, -0.05) is 0 Å². The summed E-state index contributed by atoms with van der Waals surface area (Å²) < 4.78 is 11.2. The maximum atomic E-state index is 6.44. The van der Waals surface area contributed by atoms with Gasteiger partial charge < -0.3 is 0 Å². The molecule has 4 rings (SSSR count). The number of aromatic nitrogens is 2. The molecule has 1 aromatic carbocycles. The van der Waals surface area contributed by atoms with Gasteiger partial charge in [0.15, 0.2) is 0 Å². The van der Waals surface area contributed by atoms with Crippen LogP contribution in [-0.2, 0) is 6.61 Å². The van der Waals surface area contributed by atoms with Crippen LogP contribution in [0.2, 0.25) is 0 Å². The Kier molecular flexibility index (Phi) is 7.97. The average Bonchev–Trinajstić information content (AvgIpc) is 2.78. The summed E-state index contributed by atoms with van der Waals surface area (Å²) >= 11 is -0.0770. The first kappa shape index (κ1) is 25.2. The summed E-state index contributed by atoms with van der Waals surface area (Å²) in [6.45, 7) is 16.8. The van der Waals surface area contributed by atoms with Gasteiger partial charge in [0.25, 0.3) is 0 Å². The van der Waals surface area contributed by atoms with Crippen molar-refractivity contribution in [2.24, 2.45) is 5.92 Å². The second-order valence-corrected chi connectivity index (χ2v) is 12.1. The molecule has 5 nitrogen and oxygen atoms in total. The van der Waals surface area contributed by atoms with Crippen LogP contribution in [0.25, 0.3) is 0 Å². The van der Waals surface area contributed by atoms with Gasteiger partial charge in [0, 0.05) is 0 Å². The molecule has 0 amide bonds. The Balaban J connectivity index is 1.71. The van der Waals surface area contributed by atoms with E-state index in [1.165, 1.54) is 11.1 Å². The summed E-state index contributed by atoms with van der Waals surface area (Å²) in [5.41, 5.74) is 5.91. The van der Waals surface area contributed by atoms with Gasteiger partial charge >= 0.3 is 216 Å². The van der Waals surface area contributed by atoms with E-state index < -0.39 is 0 Å². The van der Waals surface area contributed by atoms with E-state index in [0.717, 1.165) is 45.3 Å². The molecule has 6 heteroatoms. The van der Waals surface area contributed by atoms with Gasteiger partial charge in [0.1, 0.15) is 0 Å². The van der Waals surface area contributed by atoms with Crippen molar-refractivity contribution < 1.29 is 26.2 Å². The number of halogens is 1. The van der Waals surface area contributed by atoms with E-state index in [2.05, 4.69) is 93.3 Å². The van der Waals surface area contributed by atoms with Crippen molar-refractivity contribution in [3.05, 3.63) is 70.2 Å². The van der Waals surface area contributed by atoms with Crippen LogP contribution in [0.3, 0.4) is 0 Å². The molecular weight excluding hydrogens is 535 g/mol. The Morgan fingerprint density at radius 3 is 2.68 bits per heavy atom. The molecule has 0 radical (unpaired) electrons. The van der Waals surface area contributed by atoms with Gasteiger partial charge in [-0.25, -0.2) is 0 Å². The van der Waals surface area contributed by atoms with Crippen molar-refractivity contribution in [1.29, 1.82) is 0 Å². The molecule has 1 aliphatic heterocycles. The summed E-state index contributed by atoms with van der Waals surface area (Å²) in [7, 11) is 0. The zero-order valence-electron chi connectivity index (χ0n) is 21.5. The number of rotatable bonds is 6. The van der Waals surface area contributed by atoms with E-state index in [-0.39, 0.29) is 27.4 Å². The number of nitrogens with zero attached hydrogens (tertiary/aromatic N) is 3. The number of nitrogens with one attached hydrogen (secondary N) is 1. The Bertz CT molecular complexity index is 1090. The summed E-state index contributed by atoms with van der Waals surface area (Å²) in [5.74, 6) is 4.02. The van der Waals surface area contributed by atoms with Crippen molar-refractivity contribution >= 4 is 5.82 Å². The topological polar surface area (TPSA) is 50.3 Å². The number of anilines is 1. The second kappa shape index (κ2) is 10.8. The van der Waals surface area contributed by atoms with Gasteiger partial charge in [-0.15, -0.1) is 0 Å². The van der Waals surface area contributed by atoms with E-state index in [9.17, 15) is 0 Å². The number of benzene rings is 1. The number of hydrogen-bond donors (Lipinski definition) is 1. The van der Waals surface area contributed by atoms with Crippen LogP contribution < -0.4 is 34.6 Å². The molecule has 2 aromatic rings. The van der Waals surface area contributed by atoms with Crippen LogP contribution in [0.5, 0.6) is 5.75 Å². The number of ether oxygens (including phenoxy) is 1. The van der Waals surface area contributed by atoms with Gasteiger partial charge in [0.05, 0.1) is 0 Å². The third-order valence-corrected chi connectivity index (χ3v) is 9.46. The van der Waals surface area contributed by atoms with Crippen molar-refractivity contribution in [3.63, 3.8) is 0 Å². The van der Waals surface area contributed by atoms with Crippen LogP contribution in [0.4, 0.5) is 5.82 Å². The van der Waals surface area contributed by atoms with E-state index in [4.69, 9.17) is 14.7 Å². The summed E-state index contributed by atoms with van der Waals surface area (Å²) in [6, 6.07) is 7.01. The molecular formula is C28H38IN4O-. The van der Waals surface area contributed by atoms with Crippen LogP contribution in [0.15, 0.2) is 42.0 Å². The minimum absolute atomic E-state index is 0.0770. The number of aryl methyl sites for hydroxylation is 2. The molecule has 1 N–H and O–H groups in total. The van der Waals surface area contributed by atoms with E-state index >= 15 is 0 Å². The van der Waals surface area contributed by atoms with Gasteiger partial charge in [0.2, 0.25) is 0 Å². The summed E-state index contributed by atoms with van der Waals surface area (Å²) in [6.07, 6.45) is 6.61. The Labute approximate surface area is 215 Å². The molecule has 1 aliphatic carbocycles. The fourth-order valence-electron chi connectivity index (χ4n) is 4.70. The molecule has 2 unspecified atom stereocenters. The van der Waals surface area contributed by atoms with E-state index in [1.807, 2.05) is 0 Å². The normalized spacial score (nSPS) is 23.0. The van der Waals surface area contributed by atoms with E-state index in [0.29, 0.717) is 24.5 Å². The monoisotopic (exact) mass is 573 g/mol. The van der Waals surface area contributed by atoms with Crippen molar-refractivity contribution in [2.45, 2.75) is 73.0 Å². The predicted molar refractivity (Wildman–Crippen MR) is 136 cm³/mol. The van der Waals surface area contributed by atoms with Crippen molar-refractivity contribution in [1.82, 2.24) is 13.5 Å². The Morgan fingerprint density at radius 2 is 1.97 bits per heavy atom. The fraction of sp³-hybridized carbons (Fsp3) is 0.500. The Morgan fingerprint density at radius 1 is 1.18 bits per heavy atom. The van der Waals surface area contributed by atoms with Crippen LogP contribution in [0.1, 0.15) is 74.7 Å². The average molecular weight is 574 g/mol. The van der Waals surface area contributed by atoms with Crippen molar-refractivity contribution in [3.8, 4) is 5.75 Å². The SMILES string of the molecule is CC1=CC=CC(C)C1c1nc(C)c(COc2cc(C(C)C)ccc2C)c(N2C[I-]N[C@H](C)C2)n1. The van der Waals surface area contributed by atoms with Crippen LogP contribution in [0, 0.1) is 19.8 Å². The third-order valence-electron chi connectivity index (χ3n) is 6.79. The van der Waals surface area contributed by atoms with Gasteiger partial charge in [-0.3, -0.25) is 0 Å². The quantitative estimate of drug-likeness (QED) is 0.250. The molecule has 3 atom stereocenters.